The predicted octanol–water partition coefficient (Wildman–Crippen LogP) is 0.970. The highest BCUT2D eigenvalue weighted by atomic mass is 15.3. The molecular weight excluding hydrogens is 114 g/mol. The lowest BCUT2D eigenvalue weighted by Crippen LogP contribution is -2.24. The third-order valence-corrected chi connectivity index (χ3v) is 1.13. The summed E-state index contributed by atoms with van der Waals surface area (Å²) in [7, 11) is 1.94. The van der Waals surface area contributed by atoms with E-state index < -0.39 is 0 Å². The molecule has 9 heavy (non-hydrogen) atoms. The molecule has 0 N–H and O–H groups in total. The van der Waals surface area contributed by atoms with Gasteiger partial charge in [-0.2, -0.15) is 5.10 Å². The Morgan fingerprint density at radius 3 is 2.44 bits per heavy atom. The van der Waals surface area contributed by atoms with Crippen molar-refractivity contribution in [1.29, 1.82) is 0 Å². The number of hydrogen-bond donors (Lipinski definition) is 0. The minimum Gasteiger partial charge on any atom is -0.362 e. The van der Waals surface area contributed by atoms with Crippen LogP contribution in [0.2, 0.25) is 0 Å². The molecule has 0 amide bonds. The maximum absolute atomic E-state index is 3.61. The zero-order valence-corrected chi connectivity index (χ0v) is 6.20. The first-order valence-corrected chi connectivity index (χ1v) is 2.89. The van der Waals surface area contributed by atoms with Crippen molar-refractivity contribution in [2.24, 2.45) is 10.2 Å². The van der Waals surface area contributed by atoms with Crippen molar-refractivity contribution in [1.82, 2.24) is 4.90 Å². The van der Waals surface area contributed by atoms with Gasteiger partial charge in [-0.25, -0.2) is 0 Å². The molecule has 0 radical (unpaired) electrons. The third-order valence-electron chi connectivity index (χ3n) is 1.13. The second kappa shape index (κ2) is 4.06. The Balaban J connectivity index is 3.61. The van der Waals surface area contributed by atoms with Crippen LogP contribution in [-0.2, 0) is 0 Å². The monoisotopic (exact) mass is 127 g/mol. The number of rotatable bonds is 3. The van der Waals surface area contributed by atoms with Gasteiger partial charge in [0.05, 0.1) is 0 Å². The Hall–Kier alpha value is -0.860. The van der Waals surface area contributed by atoms with Gasteiger partial charge in [-0.1, -0.05) is 0 Å². The molecule has 0 saturated heterocycles. The summed E-state index contributed by atoms with van der Waals surface area (Å²) >= 11 is 0. The molecule has 0 bridgehead atoms. The molecule has 52 valence electrons. The maximum atomic E-state index is 3.61. The first-order chi connectivity index (χ1) is 4.18. The van der Waals surface area contributed by atoms with Crippen molar-refractivity contribution in [2.75, 3.05) is 7.05 Å². The van der Waals surface area contributed by atoms with E-state index in [1.54, 1.807) is 6.34 Å². The van der Waals surface area contributed by atoms with Crippen LogP contribution in [0.25, 0.3) is 0 Å². The van der Waals surface area contributed by atoms with E-state index in [1.165, 1.54) is 0 Å². The Kier molecular flexibility index (Phi) is 3.67. The summed E-state index contributed by atoms with van der Waals surface area (Å²) in [5, 5.41) is 6.94. The summed E-state index contributed by atoms with van der Waals surface area (Å²) in [5.41, 5.74) is 0. The Labute approximate surface area is 56.1 Å². The lowest BCUT2D eigenvalue weighted by atomic mass is 10.4. The van der Waals surface area contributed by atoms with Crippen LogP contribution >= 0.6 is 0 Å². The van der Waals surface area contributed by atoms with Gasteiger partial charge >= 0.3 is 0 Å². The van der Waals surface area contributed by atoms with Crippen molar-refractivity contribution in [3.05, 3.63) is 0 Å². The van der Waals surface area contributed by atoms with Crippen molar-refractivity contribution in [3.8, 4) is 0 Å². The predicted molar refractivity (Wildman–Crippen MR) is 40.9 cm³/mol. The lowest BCUT2D eigenvalue weighted by Gasteiger charge is -2.15. The van der Waals surface area contributed by atoms with Gasteiger partial charge in [0, 0.05) is 19.8 Å². The van der Waals surface area contributed by atoms with Crippen LogP contribution in [0.3, 0.4) is 0 Å². The molecule has 0 aromatic carbocycles. The number of hydrogen-bond acceptors (Lipinski definition) is 2. The average molecular weight is 127 g/mol. The van der Waals surface area contributed by atoms with E-state index in [0.29, 0.717) is 6.04 Å². The fourth-order valence-electron chi connectivity index (χ4n) is 0.251. The Bertz CT molecular complexity index is 107. The molecule has 0 aromatic rings. The highest BCUT2D eigenvalue weighted by molar-refractivity contribution is 5.54. The Morgan fingerprint density at radius 2 is 2.11 bits per heavy atom. The van der Waals surface area contributed by atoms with Gasteiger partial charge in [0.15, 0.2) is 0 Å². The van der Waals surface area contributed by atoms with E-state index in [9.17, 15) is 0 Å². The van der Waals surface area contributed by atoms with Crippen LogP contribution in [0.15, 0.2) is 10.2 Å². The maximum Gasteiger partial charge on any atom is 0.113 e. The van der Waals surface area contributed by atoms with E-state index in [-0.39, 0.29) is 0 Å². The molecule has 0 aliphatic rings. The molecule has 0 unspecified atom stereocenters. The SMILES string of the molecule is C=N/N=C\N(C)C(C)C. The lowest BCUT2D eigenvalue weighted by molar-refractivity contribution is 0.428. The first kappa shape index (κ1) is 8.14. The Morgan fingerprint density at radius 1 is 1.56 bits per heavy atom. The van der Waals surface area contributed by atoms with E-state index >= 15 is 0 Å². The van der Waals surface area contributed by atoms with Gasteiger partial charge in [-0.05, 0) is 13.8 Å². The summed E-state index contributed by atoms with van der Waals surface area (Å²) < 4.78 is 0. The molecule has 3 nitrogen and oxygen atoms in total. The highest BCUT2D eigenvalue weighted by Crippen LogP contribution is 1.87. The minimum absolute atomic E-state index is 0.468. The summed E-state index contributed by atoms with van der Waals surface area (Å²) in [6, 6.07) is 0.468. The fourth-order valence-corrected chi connectivity index (χ4v) is 0.251. The fraction of sp³-hybridized carbons (Fsp3) is 0.667. The van der Waals surface area contributed by atoms with E-state index in [4.69, 9.17) is 0 Å². The van der Waals surface area contributed by atoms with Gasteiger partial charge in [0.1, 0.15) is 6.34 Å². The van der Waals surface area contributed by atoms with Crippen molar-refractivity contribution < 1.29 is 0 Å². The van der Waals surface area contributed by atoms with Gasteiger partial charge in [0.2, 0.25) is 0 Å². The summed E-state index contributed by atoms with van der Waals surface area (Å²) in [6.45, 7) is 7.37. The second-order valence-electron chi connectivity index (χ2n) is 2.13. The van der Waals surface area contributed by atoms with Gasteiger partial charge in [-0.15, -0.1) is 5.10 Å². The van der Waals surface area contributed by atoms with Crippen LogP contribution in [0, 0.1) is 0 Å². The van der Waals surface area contributed by atoms with Crippen LogP contribution < -0.4 is 0 Å². The van der Waals surface area contributed by atoms with Crippen LogP contribution in [-0.4, -0.2) is 31.0 Å². The first-order valence-electron chi connectivity index (χ1n) is 2.89. The molecule has 0 aliphatic heterocycles. The highest BCUT2D eigenvalue weighted by Gasteiger charge is 1.94. The minimum atomic E-state index is 0.468. The quantitative estimate of drug-likeness (QED) is 0.315. The second-order valence-corrected chi connectivity index (χ2v) is 2.13. The molecule has 0 spiro atoms. The summed E-state index contributed by atoms with van der Waals surface area (Å²) in [4.78, 5) is 1.95. The molecule has 0 aliphatic carbocycles. The number of nitrogens with zero attached hydrogens (tertiary/aromatic N) is 3. The third kappa shape index (κ3) is 3.70. The molecule has 0 heterocycles. The van der Waals surface area contributed by atoms with Gasteiger partial charge in [0.25, 0.3) is 0 Å². The van der Waals surface area contributed by atoms with E-state index in [0.717, 1.165) is 0 Å². The topological polar surface area (TPSA) is 28.0 Å². The summed E-state index contributed by atoms with van der Waals surface area (Å²) in [6.07, 6.45) is 1.65. The van der Waals surface area contributed by atoms with E-state index in [1.807, 2.05) is 11.9 Å². The molecule has 0 fully saturated rings. The molecule has 3 heteroatoms. The van der Waals surface area contributed by atoms with Crippen molar-refractivity contribution in [3.63, 3.8) is 0 Å². The van der Waals surface area contributed by atoms with E-state index in [2.05, 4.69) is 30.8 Å². The van der Waals surface area contributed by atoms with Crippen molar-refractivity contribution >= 4 is 13.1 Å². The largest absolute Gasteiger partial charge is 0.362 e. The standard InChI is InChI=1S/C6H13N3/c1-6(2)9(4)5-8-7-3/h5-6H,3H2,1-2,4H3/b8-5-. The van der Waals surface area contributed by atoms with Crippen LogP contribution in [0.4, 0.5) is 0 Å². The molecule has 0 atom stereocenters. The molecule has 0 rings (SSSR count). The smallest absolute Gasteiger partial charge is 0.113 e. The van der Waals surface area contributed by atoms with Crippen molar-refractivity contribution in [2.45, 2.75) is 19.9 Å². The zero-order chi connectivity index (χ0) is 7.28. The van der Waals surface area contributed by atoms with Crippen LogP contribution in [0.5, 0.6) is 0 Å². The molecule has 0 aromatic heterocycles. The molecular formula is C6H13N3. The average Bonchev–Trinajstić information content (AvgIpc) is 1.82. The zero-order valence-electron chi connectivity index (χ0n) is 6.20. The van der Waals surface area contributed by atoms with Gasteiger partial charge < -0.3 is 4.90 Å². The van der Waals surface area contributed by atoms with Crippen LogP contribution in [0.1, 0.15) is 13.8 Å². The normalized spacial score (nSPS) is 10.7. The molecule has 0 saturated carbocycles. The van der Waals surface area contributed by atoms with Gasteiger partial charge in [-0.3, -0.25) is 0 Å². The summed E-state index contributed by atoms with van der Waals surface area (Å²) in [5.74, 6) is 0.